The minimum absolute atomic E-state index is 0.102. The summed E-state index contributed by atoms with van der Waals surface area (Å²) in [6.07, 6.45) is 2.48. The quantitative estimate of drug-likeness (QED) is 0.701. The lowest BCUT2D eigenvalue weighted by molar-refractivity contribution is 0.0734. The molecule has 25 heavy (non-hydrogen) atoms. The van der Waals surface area contributed by atoms with Gasteiger partial charge in [0.25, 0.3) is 5.91 Å². The van der Waals surface area contributed by atoms with Crippen LogP contribution in [0, 0.1) is 0 Å². The van der Waals surface area contributed by atoms with Crippen molar-refractivity contribution in [2.45, 2.75) is 11.7 Å². The van der Waals surface area contributed by atoms with E-state index in [1.807, 2.05) is 12.1 Å². The first-order chi connectivity index (χ1) is 12.2. The highest BCUT2D eigenvalue weighted by molar-refractivity contribution is 7.99. The maximum atomic E-state index is 12.8. The second kappa shape index (κ2) is 6.80. The minimum Gasteiger partial charge on any atom is -0.468 e. The number of thioether (sulfide) groups is 1. The van der Waals surface area contributed by atoms with Gasteiger partial charge in [0.1, 0.15) is 11.3 Å². The Kier molecular flexibility index (Phi) is 4.36. The Bertz CT molecular complexity index is 947. The molecule has 1 fully saturated rings. The van der Waals surface area contributed by atoms with Crippen molar-refractivity contribution in [3.8, 4) is 0 Å². The summed E-state index contributed by atoms with van der Waals surface area (Å²) in [6.45, 7) is 1.23. The van der Waals surface area contributed by atoms with Gasteiger partial charge in [-0.3, -0.25) is 9.59 Å². The smallest absolute Gasteiger partial charge is 0.289 e. The van der Waals surface area contributed by atoms with Gasteiger partial charge in [0, 0.05) is 24.9 Å². The van der Waals surface area contributed by atoms with Crippen molar-refractivity contribution in [1.82, 2.24) is 4.90 Å². The molecule has 3 aromatic rings. The van der Waals surface area contributed by atoms with Crippen LogP contribution in [0.3, 0.4) is 0 Å². The second-order valence-electron chi connectivity index (χ2n) is 5.93. The lowest BCUT2D eigenvalue weighted by atomic mass is 10.2. The lowest BCUT2D eigenvalue weighted by Crippen LogP contribution is -2.33. The molecule has 6 heteroatoms. The molecule has 3 heterocycles. The predicted octanol–water partition coefficient (Wildman–Crippen LogP) is 3.71. The molecule has 0 spiro atoms. The number of benzene rings is 1. The second-order valence-corrected chi connectivity index (χ2v) is 7.24. The SMILES string of the molecule is O=C(c1cc(=O)c2ccccc2o1)N1CCSC(c2ccco2)CC1. The molecule has 0 radical (unpaired) electrons. The van der Waals surface area contributed by atoms with Crippen LogP contribution in [-0.4, -0.2) is 29.6 Å². The summed E-state index contributed by atoms with van der Waals surface area (Å²) in [5.41, 5.74) is 0.249. The summed E-state index contributed by atoms with van der Waals surface area (Å²) in [6, 6.07) is 12.1. The molecule has 5 nitrogen and oxygen atoms in total. The number of carbonyl (C=O) groups excluding carboxylic acids is 1. The maximum Gasteiger partial charge on any atom is 0.289 e. The fourth-order valence-electron chi connectivity index (χ4n) is 3.04. The first-order valence-electron chi connectivity index (χ1n) is 8.19. The fraction of sp³-hybridized carbons (Fsp3) is 0.263. The Hall–Kier alpha value is -2.47. The Morgan fingerprint density at radius 1 is 1.16 bits per heavy atom. The van der Waals surface area contributed by atoms with Crippen molar-refractivity contribution in [3.63, 3.8) is 0 Å². The van der Waals surface area contributed by atoms with Crippen LogP contribution in [0.2, 0.25) is 0 Å². The molecule has 0 aliphatic carbocycles. The number of para-hydroxylation sites is 1. The number of hydrogen-bond acceptors (Lipinski definition) is 5. The van der Waals surface area contributed by atoms with Gasteiger partial charge in [0.05, 0.1) is 16.9 Å². The number of furan rings is 1. The number of rotatable bonds is 2. The van der Waals surface area contributed by atoms with Crippen LogP contribution in [0.25, 0.3) is 11.0 Å². The molecule has 0 saturated carbocycles. The molecule has 2 aromatic heterocycles. The van der Waals surface area contributed by atoms with Gasteiger partial charge in [-0.15, -0.1) is 11.8 Å². The van der Waals surface area contributed by atoms with E-state index in [0.717, 1.165) is 17.9 Å². The predicted molar refractivity (Wildman–Crippen MR) is 96.9 cm³/mol. The first-order valence-corrected chi connectivity index (χ1v) is 9.24. The van der Waals surface area contributed by atoms with Crippen LogP contribution < -0.4 is 5.43 Å². The van der Waals surface area contributed by atoms with Crippen molar-refractivity contribution in [3.05, 3.63) is 70.5 Å². The zero-order valence-electron chi connectivity index (χ0n) is 13.5. The van der Waals surface area contributed by atoms with Crippen LogP contribution >= 0.6 is 11.8 Å². The number of amides is 1. The van der Waals surface area contributed by atoms with E-state index in [1.165, 1.54) is 6.07 Å². The zero-order valence-corrected chi connectivity index (χ0v) is 14.3. The molecule has 1 aromatic carbocycles. The number of hydrogen-bond donors (Lipinski definition) is 0. The summed E-state index contributed by atoms with van der Waals surface area (Å²) in [5.74, 6) is 1.62. The summed E-state index contributed by atoms with van der Waals surface area (Å²) in [5, 5.41) is 0.736. The summed E-state index contributed by atoms with van der Waals surface area (Å²) in [7, 11) is 0. The van der Waals surface area contributed by atoms with Gasteiger partial charge < -0.3 is 13.7 Å². The Morgan fingerprint density at radius 3 is 2.88 bits per heavy atom. The molecular formula is C19H17NO4S. The third-order valence-corrected chi connectivity index (χ3v) is 5.62. The summed E-state index contributed by atoms with van der Waals surface area (Å²) < 4.78 is 11.2. The standard InChI is InChI=1S/C19H17NO4S/c21-14-12-17(24-15-5-2-1-4-13(14)15)19(22)20-8-7-18(25-11-9-20)16-6-3-10-23-16/h1-6,10,12,18H,7-9,11H2. The van der Waals surface area contributed by atoms with E-state index >= 15 is 0 Å². The van der Waals surface area contributed by atoms with E-state index in [4.69, 9.17) is 8.83 Å². The Labute approximate surface area is 148 Å². The molecule has 1 saturated heterocycles. The third-order valence-electron chi connectivity index (χ3n) is 4.33. The van der Waals surface area contributed by atoms with E-state index in [0.29, 0.717) is 24.1 Å². The third kappa shape index (κ3) is 3.22. The van der Waals surface area contributed by atoms with Gasteiger partial charge >= 0.3 is 0 Å². The van der Waals surface area contributed by atoms with Crippen LogP contribution in [0.15, 0.2) is 62.4 Å². The van der Waals surface area contributed by atoms with E-state index < -0.39 is 0 Å². The molecule has 1 atom stereocenters. The Morgan fingerprint density at radius 2 is 2.04 bits per heavy atom. The summed E-state index contributed by atoms with van der Waals surface area (Å²) >= 11 is 1.78. The van der Waals surface area contributed by atoms with Crippen molar-refractivity contribution in [1.29, 1.82) is 0 Å². The van der Waals surface area contributed by atoms with E-state index in [2.05, 4.69) is 0 Å². The van der Waals surface area contributed by atoms with Crippen molar-refractivity contribution in [2.75, 3.05) is 18.8 Å². The van der Waals surface area contributed by atoms with Crippen LogP contribution in [0.4, 0.5) is 0 Å². The van der Waals surface area contributed by atoms with Crippen LogP contribution in [-0.2, 0) is 0 Å². The molecule has 4 rings (SSSR count). The summed E-state index contributed by atoms with van der Waals surface area (Å²) in [4.78, 5) is 26.8. The Balaban J connectivity index is 1.56. The van der Waals surface area contributed by atoms with Gasteiger partial charge in [0.15, 0.2) is 11.2 Å². The highest BCUT2D eigenvalue weighted by atomic mass is 32.2. The van der Waals surface area contributed by atoms with Crippen LogP contribution in [0.1, 0.15) is 28.0 Å². The van der Waals surface area contributed by atoms with Crippen LogP contribution in [0.5, 0.6) is 0 Å². The maximum absolute atomic E-state index is 12.8. The fourth-order valence-corrected chi connectivity index (χ4v) is 4.22. The molecular weight excluding hydrogens is 338 g/mol. The molecule has 0 bridgehead atoms. The van der Waals surface area contributed by atoms with E-state index in [1.54, 1.807) is 47.2 Å². The van der Waals surface area contributed by atoms with Crippen molar-refractivity contribution < 1.29 is 13.6 Å². The number of nitrogens with zero attached hydrogens (tertiary/aromatic N) is 1. The van der Waals surface area contributed by atoms with E-state index in [-0.39, 0.29) is 22.3 Å². The zero-order chi connectivity index (χ0) is 17.2. The highest BCUT2D eigenvalue weighted by Gasteiger charge is 2.25. The molecule has 1 unspecified atom stereocenters. The monoisotopic (exact) mass is 355 g/mol. The van der Waals surface area contributed by atoms with Crippen molar-refractivity contribution in [2.24, 2.45) is 0 Å². The van der Waals surface area contributed by atoms with Gasteiger partial charge in [-0.05, 0) is 30.7 Å². The first kappa shape index (κ1) is 16.0. The van der Waals surface area contributed by atoms with Crippen molar-refractivity contribution >= 4 is 28.6 Å². The molecule has 1 aliphatic rings. The van der Waals surface area contributed by atoms with Gasteiger partial charge in [-0.1, -0.05) is 12.1 Å². The molecule has 128 valence electrons. The van der Waals surface area contributed by atoms with Gasteiger partial charge in [0.2, 0.25) is 0 Å². The van der Waals surface area contributed by atoms with Gasteiger partial charge in [-0.25, -0.2) is 0 Å². The molecule has 1 aliphatic heterocycles. The topological polar surface area (TPSA) is 63.7 Å². The lowest BCUT2D eigenvalue weighted by Gasteiger charge is -2.19. The normalized spacial score (nSPS) is 18.2. The molecule has 0 N–H and O–H groups in total. The highest BCUT2D eigenvalue weighted by Crippen LogP contribution is 2.34. The average Bonchev–Trinajstić information content (AvgIpc) is 3.06. The minimum atomic E-state index is -0.233. The number of carbonyl (C=O) groups is 1. The van der Waals surface area contributed by atoms with Gasteiger partial charge in [-0.2, -0.15) is 0 Å². The average molecular weight is 355 g/mol. The van der Waals surface area contributed by atoms with E-state index in [9.17, 15) is 9.59 Å². The number of fused-ring (bicyclic) bond motifs is 1. The largest absolute Gasteiger partial charge is 0.468 e. The molecule has 1 amide bonds.